The van der Waals surface area contributed by atoms with Gasteiger partial charge in [0.15, 0.2) is 0 Å². The van der Waals surface area contributed by atoms with E-state index in [4.69, 9.17) is 10.3 Å². The van der Waals surface area contributed by atoms with Crippen molar-refractivity contribution in [1.82, 2.24) is 4.90 Å². The van der Waals surface area contributed by atoms with Crippen molar-refractivity contribution in [3.63, 3.8) is 0 Å². The van der Waals surface area contributed by atoms with Crippen LogP contribution in [0.5, 0.6) is 0 Å². The lowest BCUT2D eigenvalue weighted by Gasteiger charge is -2.40. The minimum atomic E-state index is 0.294. The molecule has 0 atom stereocenters. The third-order valence-corrected chi connectivity index (χ3v) is 2.82. The van der Waals surface area contributed by atoms with Crippen LogP contribution in [0.3, 0.4) is 0 Å². The van der Waals surface area contributed by atoms with Crippen molar-refractivity contribution in [3.8, 4) is 0 Å². The van der Waals surface area contributed by atoms with Crippen molar-refractivity contribution in [1.29, 1.82) is 5.53 Å². The predicted molar refractivity (Wildman–Crippen MR) is 44.3 cm³/mol. The van der Waals surface area contributed by atoms with Crippen LogP contribution in [-0.2, 0) is 4.74 Å². The van der Waals surface area contributed by atoms with E-state index < -0.39 is 0 Å². The Morgan fingerprint density at radius 3 is 2.33 bits per heavy atom. The molecule has 12 heavy (non-hydrogen) atoms. The summed E-state index contributed by atoms with van der Waals surface area (Å²) in [7, 11) is 0. The lowest BCUT2D eigenvalue weighted by molar-refractivity contribution is -0.0711. The molecular formula is C8H15N3O. The van der Waals surface area contributed by atoms with E-state index in [1.54, 1.807) is 0 Å². The molecule has 4 heteroatoms. The van der Waals surface area contributed by atoms with Crippen molar-refractivity contribution in [2.45, 2.75) is 24.9 Å². The molecule has 0 bridgehead atoms. The van der Waals surface area contributed by atoms with Gasteiger partial charge < -0.3 is 4.74 Å². The van der Waals surface area contributed by atoms with Crippen molar-refractivity contribution in [2.24, 2.45) is 5.11 Å². The highest BCUT2D eigenvalue weighted by Gasteiger charge is 2.29. The molecule has 2 saturated heterocycles. The SMILES string of the molecule is N=NC1CCN(C2COC2)CC1. The number of nitrogens with zero attached hydrogens (tertiary/aromatic N) is 2. The topological polar surface area (TPSA) is 48.7 Å². The van der Waals surface area contributed by atoms with Gasteiger partial charge in [-0.2, -0.15) is 5.11 Å². The standard InChI is InChI=1S/C8H15N3O/c9-10-7-1-3-11(4-2-7)8-5-12-6-8/h7-9H,1-6H2. The Balaban J connectivity index is 1.77. The van der Waals surface area contributed by atoms with Gasteiger partial charge in [-0.25, -0.2) is 5.53 Å². The third kappa shape index (κ3) is 1.49. The highest BCUT2D eigenvalue weighted by Crippen LogP contribution is 2.18. The summed E-state index contributed by atoms with van der Waals surface area (Å²) < 4.78 is 5.14. The number of rotatable bonds is 2. The number of hydrogen-bond acceptors (Lipinski definition) is 4. The van der Waals surface area contributed by atoms with Gasteiger partial charge in [-0.05, 0) is 12.8 Å². The van der Waals surface area contributed by atoms with Gasteiger partial charge in [-0.3, -0.25) is 4.90 Å². The molecule has 0 radical (unpaired) electrons. The van der Waals surface area contributed by atoms with Gasteiger partial charge in [0.05, 0.1) is 25.3 Å². The fourth-order valence-corrected chi connectivity index (χ4v) is 1.81. The van der Waals surface area contributed by atoms with Crippen LogP contribution in [0.4, 0.5) is 0 Å². The Labute approximate surface area is 72.4 Å². The second kappa shape index (κ2) is 3.49. The Morgan fingerprint density at radius 2 is 1.92 bits per heavy atom. The Bertz CT molecular complexity index is 162. The van der Waals surface area contributed by atoms with E-state index in [1.165, 1.54) is 0 Å². The van der Waals surface area contributed by atoms with E-state index in [1.807, 2.05) is 0 Å². The number of piperidine rings is 1. The summed E-state index contributed by atoms with van der Waals surface area (Å²) in [5, 5.41) is 3.58. The second-order valence-electron chi connectivity index (χ2n) is 3.59. The molecule has 0 unspecified atom stereocenters. The summed E-state index contributed by atoms with van der Waals surface area (Å²) in [6.45, 7) is 4.01. The maximum Gasteiger partial charge on any atom is 0.0730 e. The van der Waals surface area contributed by atoms with E-state index in [0.717, 1.165) is 39.1 Å². The molecule has 0 aliphatic carbocycles. The summed E-state index contributed by atoms with van der Waals surface area (Å²) in [4.78, 5) is 2.46. The van der Waals surface area contributed by atoms with Crippen LogP contribution < -0.4 is 0 Å². The molecule has 4 nitrogen and oxygen atoms in total. The molecule has 0 saturated carbocycles. The van der Waals surface area contributed by atoms with Crippen molar-refractivity contribution in [3.05, 3.63) is 0 Å². The summed E-state index contributed by atoms with van der Waals surface area (Å²) in [6.07, 6.45) is 2.11. The molecule has 2 aliphatic heterocycles. The lowest BCUT2D eigenvalue weighted by Crippen LogP contribution is -2.52. The van der Waals surface area contributed by atoms with Gasteiger partial charge in [0.2, 0.25) is 0 Å². The van der Waals surface area contributed by atoms with E-state index in [0.29, 0.717) is 12.1 Å². The first kappa shape index (κ1) is 8.13. The zero-order valence-electron chi connectivity index (χ0n) is 7.20. The maximum atomic E-state index is 6.91. The quantitative estimate of drug-likeness (QED) is 0.624. The number of likely N-dealkylation sites (tertiary alicyclic amines) is 1. The largest absolute Gasteiger partial charge is 0.378 e. The average molecular weight is 169 g/mol. The minimum absolute atomic E-state index is 0.294. The normalized spacial score (nSPS) is 28.3. The molecule has 0 aromatic carbocycles. The first-order valence-corrected chi connectivity index (χ1v) is 4.58. The molecule has 2 aliphatic rings. The number of hydrogen-bond donors (Lipinski definition) is 1. The monoisotopic (exact) mass is 169 g/mol. The average Bonchev–Trinajstić information content (AvgIpc) is 2.03. The molecule has 0 aromatic rings. The van der Waals surface area contributed by atoms with Gasteiger partial charge in [0.1, 0.15) is 0 Å². The first-order chi connectivity index (χ1) is 5.90. The Hall–Kier alpha value is -0.480. The molecule has 0 spiro atoms. The van der Waals surface area contributed by atoms with Crippen molar-refractivity contribution < 1.29 is 4.74 Å². The third-order valence-electron chi connectivity index (χ3n) is 2.82. The van der Waals surface area contributed by atoms with Crippen LogP contribution in [0.2, 0.25) is 0 Å². The van der Waals surface area contributed by atoms with Crippen LogP contribution >= 0.6 is 0 Å². The Morgan fingerprint density at radius 1 is 1.25 bits per heavy atom. The predicted octanol–water partition coefficient (Wildman–Crippen LogP) is 0.881. The van der Waals surface area contributed by atoms with Gasteiger partial charge in [-0.1, -0.05) is 0 Å². The lowest BCUT2D eigenvalue weighted by atomic mass is 10.0. The van der Waals surface area contributed by atoms with Gasteiger partial charge in [0, 0.05) is 13.1 Å². The summed E-state index contributed by atoms with van der Waals surface area (Å²) in [5.41, 5.74) is 6.91. The molecule has 0 aromatic heterocycles. The van der Waals surface area contributed by atoms with Crippen LogP contribution in [0.25, 0.3) is 0 Å². The molecule has 1 N–H and O–H groups in total. The van der Waals surface area contributed by atoms with Crippen LogP contribution in [-0.4, -0.2) is 43.3 Å². The highest BCUT2D eigenvalue weighted by atomic mass is 16.5. The fraction of sp³-hybridized carbons (Fsp3) is 1.00. The maximum absolute atomic E-state index is 6.91. The van der Waals surface area contributed by atoms with Gasteiger partial charge >= 0.3 is 0 Å². The minimum Gasteiger partial charge on any atom is -0.378 e. The van der Waals surface area contributed by atoms with Crippen molar-refractivity contribution in [2.75, 3.05) is 26.3 Å². The molecule has 2 heterocycles. The smallest absolute Gasteiger partial charge is 0.0730 e. The van der Waals surface area contributed by atoms with Gasteiger partial charge in [0.25, 0.3) is 0 Å². The van der Waals surface area contributed by atoms with E-state index in [9.17, 15) is 0 Å². The molecule has 2 rings (SSSR count). The van der Waals surface area contributed by atoms with Crippen LogP contribution in [0.15, 0.2) is 5.11 Å². The zero-order valence-corrected chi connectivity index (χ0v) is 7.20. The fourth-order valence-electron chi connectivity index (χ4n) is 1.81. The van der Waals surface area contributed by atoms with Crippen molar-refractivity contribution >= 4 is 0 Å². The molecule has 2 fully saturated rings. The number of ether oxygens (including phenoxy) is 1. The van der Waals surface area contributed by atoms with Gasteiger partial charge in [-0.15, -0.1) is 0 Å². The molecular weight excluding hydrogens is 154 g/mol. The van der Waals surface area contributed by atoms with E-state index in [2.05, 4.69) is 10.0 Å². The molecule has 0 amide bonds. The zero-order chi connectivity index (χ0) is 8.39. The summed E-state index contributed by atoms with van der Waals surface area (Å²) in [6, 6.07) is 0.957. The number of nitrogens with one attached hydrogen (secondary N) is 1. The Kier molecular flexibility index (Phi) is 2.37. The highest BCUT2D eigenvalue weighted by molar-refractivity contribution is 4.83. The van der Waals surface area contributed by atoms with E-state index in [-0.39, 0.29) is 0 Å². The van der Waals surface area contributed by atoms with Crippen LogP contribution in [0, 0.1) is 5.53 Å². The molecule has 68 valence electrons. The second-order valence-corrected chi connectivity index (χ2v) is 3.59. The summed E-state index contributed by atoms with van der Waals surface area (Å²) >= 11 is 0. The first-order valence-electron chi connectivity index (χ1n) is 4.58. The van der Waals surface area contributed by atoms with E-state index >= 15 is 0 Å². The van der Waals surface area contributed by atoms with Crippen LogP contribution in [0.1, 0.15) is 12.8 Å². The summed E-state index contributed by atoms with van der Waals surface area (Å²) in [5.74, 6) is 0.